The number of aromatic carboxylic acids is 1. The summed E-state index contributed by atoms with van der Waals surface area (Å²) in [5.41, 5.74) is 7.79. The topological polar surface area (TPSA) is 76.3 Å². The minimum atomic E-state index is -0.980. The lowest BCUT2D eigenvalue weighted by Crippen LogP contribution is -2.28. The smallest absolute Gasteiger partial charge is 0.335 e. The molecule has 0 atom stereocenters. The number of aryl methyl sites for hydroxylation is 1. The van der Waals surface area contributed by atoms with Crippen molar-refractivity contribution in [3.8, 4) is 11.3 Å². The Kier molecular flexibility index (Phi) is 8.24. The molecule has 0 radical (unpaired) electrons. The van der Waals surface area contributed by atoms with Gasteiger partial charge in [0.15, 0.2) is 0 Å². The molecule has 0 fully saturated rings. The van der Waals surface area contributed by atoms with Crippen LogP contribution >= 0.6 is 0 Å². The number of benzene rings is 2. The van der Waals surface area contributed by atoms with Gasteiger partial charge in [-0.3, -0.25) is 14.9 Å². The Morgan fingerprint density at radius 3 is 2.34 bits per heavy atom. The molecule has 5 rings (SSSR count). The second-order valence-electron chi connectivity index (χ2n) is 6.56. The highest BCUT2D eigenvalue weighted by Gasteiger charge is 2.23. The van der Waals surface area contributed by atoms with Crippen LogP contribution in [-0.4, -0.2) is 26.2 Å². The first-order chi connectivity index (χ1) is 15.5. The molecule has 0 aliphatic carbocycles. The molecule has 6 nitrogen and oxygen atoms in total. The molecule has 0 spiro atoms. The number of para-hydroxylation sites is 1. The molecule has 1 aliphatic heterocycles. The van der Waals surface area contributed by atoms with E-state index in [0.717, 1.165) is 38.6 Å². The maximum absolute atomic E-state index is 12.5. The van der Waals surface area contributed by atoms with E-state index >= 15 is 0 Å². The van der Waals surface area contributed by atoms with Crippen LogP contribution in [-0.2, 0) is 11.3 Å². The second kappa shape index (κ2) is 10.7. The van der Waals surface area contributed by atoms with Gasteiger partial charge in [0.05, 0.1) is 22.3 Å². The highest BCUT2D eigenvalue weighted by atomic mass is 16.4. The van der Waals surface area contributed by atoms with Gasteiger partial charge in [0.1, 0.15) is 6.54 Å². The van der Waals surface area contributed by atoms with Crippen molar-refractivity contribution in [1.29, 1.82) is 0 Å². The van der Waals surface area contributed by atoms with Crippen LogP contribution in [0, 0.1) is 6.92 Å². The molecule has 0 unspecified atom stereocenters. The number of carboxylic acid groups (broad SMARTS) is 1. The summed E-state index contributed by atoms with van der Waals surface area (Å²) < 4.78 is 3.67. The standard InChI is InChI=1S/C20H15N3O3.3C2H6/c1-11-14-6-5-13(20(25)26)9-16(14)22-10-17(24)21-23-8-7-12-3-2-4-15(18(11)22)19(12)23;3*1-2/h2-9H,10H2,1H3,(H,21,24)(H,25,26);3*1-2H3. The van der Waals surface area contributed by atoms with Crippen LogP contribution < -0.4 is 5.43 Å². The zero-order valence-corrected chi connectivity index (χ0v) is 20.0. The number of carbonyl (C=O) groups excluding carboxylic acids is 1. The fourth-order valence-corrected chi connectivity index (χ4v) is 3.96. The van der Waals surface area contributed by atoms with Gasteiger partial charge in [-0.25, -0.2) is 4.79 Å². The van der Waals surface area contributed by atoms with E-state index in [1.54, 1.807) is 16.8 Å². The Morgan fingerprint density at radius 1 is 1.00 bits per heavy atom. The van der Waals surface area contributed by atoms with Gasteiger partial charge in [-0.15, -0.1) is 0 Å². The van der Waals surface area contributed by atoms with Crippen molar-refractivity contribution >= 4 is 33.7 Å². The van der Waals surface area contributed by atoms with Crippen molar-refractivity contribution in [2.45, 2.75) is 55.0 Å². The summed E-state index contributed by atoms with van der Waals surface area (Å²) in [5, 5.41) is 11.3. The van der Waals surface area contributed by atoms with Gasteiger partial charge in [0, 0.05) is 22.5 Å². The molecule has 1 aliphatic rings. The van der Waals surface area contributed by atoms with Crippen molar-refractivity contribution in [1.82, 2.24) is 9.24 Å². The van der Waals surface area contributed by atoms with Crippen molar-refractivity contribution < 1.29 is 14.7 Å². The van der Waals surface area contributed by atoms with E-state index in [-0.39, 0.29) is 18.0 Å². The Bertz CT molecular complexity index is 1250. The van der Waals surface area contributed by atoms with E-state index in [1.807, 2.05) is 89.6 Å². The number of carbonyl (C=O) groups is 2. The largest absolute Gasteiger partial charge is 0.478 e. The quantitative estimate of drug-likeness (QED) is 0.362. The molecule has 1 amide bonds. The van der Waals surface area contributed by atoms with Gasteiger partial charge in [0.2, 0.25) is 0 Å². The Labute approximate surface area is 189 Å². The molecule has 6 heteroatoms. The van der Waals surface area contributed by atoms with Gasteiger partial charge in [0.25, 0.3) is 5.91 Å². The lowest BCUT2D eigenvalue weighted by Gasteiger charge is -2.19. The molecular formula is C26H33N3O3. The number of hydrogen-bond acceptors (Lipinski definition) is 2. The molecule has 0 saturated heterocycles. The van der Waals surface area contributed by atoms with Crippen molar-refractivity contribution in [3.63, 3.8) is 0 Å². The van der Waals surface area contributed by atoms with Crippen molar-refractivity contribution in [3.05, 3.63) is 59.8 Å². The first kappa shape index (κ1) is 24.7. The lowest BCUT2D eigenvalue weighted by atomic mass is 10.0. The van der Waals surface area contributed by atoms with E-state index in [4.69, 9.17) is 0 Å². The number of fused-ring (bicyclic) bond motifs is 4. The number of nitrogens with zero attached hydrogens (tertiary/aromatic N) is 2. The highest BCUT2D eigenvalue weighted by molar-refractivity contribution is 6.04. The van der Waals surface area contributed by atoms with Crippen LogP contribution in [0.5, 0.6) is 0 Å². The molecule has 32 heavy (non-hydrogen) atoms. The van der Waals surface area contributed by atoms with E-state index in [2.05, 4.69) is 5.43 Å². The normalized spacial score (nSPS) is 11.4. The van der Waals surface area contributed by atoms with E-state index in [0.29, 0.717) is 0 Å². The van der Waals surface area contributed by atoms with Crippen LogP contribution in [0.25, 0.3) is 33.1 Å². The van der Waals surface area contributed by atoms with Crippen LogP contribution in [0.3, 0.4) is 0 Å². The maximum Gasteiger partial charge on any atom is 0.335 e. The Morgan fingerprint density at radius 2 is 1.69 bits per heavy atom. The van der Waals surface area contributed by atoms with E-state index in [9.17, 15) is 14.7 Å². The van der Waals surface area contributed by atoms with Crippen molar-refractivity contribution in [2.24, 2.45) is 0 Å². The summed E-state index contributed by atoms with van der Waals surface area (Å²) in [6.45, 7) is 14.1. The monoisotopic (exact) mass is 435 g/mol. The molecule has 2 aromatic carbocycles. The van der Waals surface area contributed by atoms with Crippen LogP contribution in [0.1, 0.15) is 57.5 Å². The maximum atomic E-state index is 12.5. The van der Waals surface area contributed by atoms with Gasteiger partial charge >= 0.3 is 5.97 Å². The number of carboxylic acids is 1. The first-order valence-electron chi connectivity index (χ1n) is 11.3. The third-order valence-corrected chi connectivity index (χ3v) is 5.08. The zero-order valence-electron chi connectivity index (χ0n) is 20.0. The number of nitrogens with one attached hydrogen (secondary N) is 1. The Hall–Kier alpha value is -3.54. The summed E-state index contributed by atoms with van der Waals surface area (Å²) in [4.78, 5) is 23.9. The minimum Gasteiger partial charge on any atom is -0.478 e. The van der Waals surface area contributed by atoms with Gasteiger partial charge in [-0.1, -0.05) is 65.8 Å². The molecule has 3 heterocycles. The predicted octanol–water partition coefficient (Wildman–Crippen LogP) is 6.43. The second-order valence-corrected chi connectivity index (χ2v) is 6.56. The fourth-order valence-electron chi connectivity index (χ4n) is 3.96. The summed E-state index contributed by atoms with van der Waals surface area (Å²) >= 11 is 0. The van der Waals surface area contributed by atoms with Gasteiger partial charge in [-0.2, -0.15) is 0 Å². The zero-order chi connectivity index (χ0) is 24.0. The van der Waals surface area contributed by atoms with Crippen LogP contribution in [0.2, 0.25) is 0 Å². The summed E-state index contributed by atoms with van der Waals surface area (Å²) in [7, 11) is 0. The third kappa shape index (κ3) is 4.13. The van der Waals surface area contributed by atoms with E-state index < -0.39 is 5.97 Å². The van der Waals surface area contributed by atoms with Crippen LogP contribution in [0.15, 0.2) is 48.7 Å². The summed E-state index contributed by atoms with van der Waals surface area (Å²) in [6, 6.07) is 13.1. The van der Waals surface area contributed by atoms with Gasteiger partial charge in [-0.05, 0) is 30.7 Å². The first-order valence-corrected chi connectivity index (χ1v) is 11.3. The molecule has 0 saturated carbocycles. The molecule has 2 N–H and O–H groups in total. The minimum absolute atomic E-state index is 0.122. The lowest BCUT2D eigenvalue weighted by molar-refractivity contribution is -0.117. The average Bonchev–Trinajstić information content (AvgIpc) is 3.35. The fraction of sp³-hybridized carbons (Fsp3) is 0.308. The Balaban J connectivity index is 0.000000561. The molecule has 2 aromatic heterocycles. The molecule has 4 aromatic rings. The van der Waals surface area contributed by atoms with Crippen LogP contribution in [0.4, 0.5) is 0 Å². The highest BCUT2D eigenvalue weighted by Crippen LogP contribution is 2.38. The number of hydrogen-bond donors (Lipinski definition) is 2. The van der Waals surface area contributed by atoms with Crippen molar-refractivity contribution in [2.75, 3.05) is 5.43 Å². The predicted molar refractivity (Wildman–Crippen MR) is 133 cm³/mol. The molecular weight excluding hydrogens is 402 g/mol. The summed E-state index contributed by atoms with van der Waals surface area (Å²) in [6.07, 6.45) is 1.85. The molecule has 170 valence electrons. The average molecular weight is 436 g/mol. The van der Waals surface area contributed by atoms with E-state index in [1.165, 1.54) is 0 Å². The third-order valence-electron chi connectivity index (χ3n) is 5.08. The summed E-state index contributed by atoms with van der Waals surface area (Å²) in [5.74, 6) is -1.14. The number of rotatable bonds is 1. The number of amides is 1. The SMILES string of the molecule is CC.CC.CC.Cc1c2n(c3cc(C(=O)O)ccc13)CC(=O)Nn1ccc3cccc-2c31. The van der Waals surface area contributed by atoms with Gasteiger partial charge < -0.3 is 9.67 Å². The number of aromatic nitrogens is 2. The molecule has 0 bridgehead atoms.